The van der Waals surface area contributed by atoms with E-state index >= 15 is 0 Å². The van der Waals surface area contributed by atoms with Gasteiger partial charge in [-0.1, -0.05) is 13.8 Å². The second-order valence-electron chi connectivity index (χ2n) is 5.25. The van der Waals surface area contributed by atoms with Crippen LogP contribution in [0.3, 0.4) is 0 Å². The summed E-state index contributed by atoms with van der Waals surface area (Å²) in [5.41, 5.74) is 1.80. The minimum atomic E-state index is 0.336. The van der Waals surface area contributed by atoms with E-state index < -0.39 is 0 Å². The molecule has 1 aromatic heterocycles. The quantitative estimate of drug-likeness (QED) is 0.886. The van der Waals surface area contributed by atoms with Gasteiger partial charge in [-0.3, -0.25) is 4.90 Å². The van der Waals surface area contributed by atoms with Crippen LogP contribution in [0.1, 0.15) is 39.2 Å². The third-order valence-electron chi connectivity index (χ3n) is 4.22. The molecule has 0 aliphatic carbocycles. The molecule has 0 radical (unpaired) electrons. The highest BCUT2D eigenvalue weighted by Crippen LogP contribution is 2.24. The fourth-order valence-electron chi connectivity index (χ4n) is 2.65. The molecule has 96 valence electrons. The summed E-state index contributed by atoms with van der Waals surface area (Å²) < 4.78 is 0. The molecule has 17 heavy (non-hydrogen) atoms. The van der Waals surface area contributed by atoms with E-state index in [9.17, 15) is 0 Å². The van der Waals surface area contributed by atoms with Crippen LogP contribution in [0.4, 0.5) is 0 Å². The maximum atomic E-state index is 3.75. The summed E-state index contributed by atoms with van der Waals surface area (Å²) in [7, 11) is 0. The van der Waals surface area contributed by atoms with Gasteiger partial charge in [-0.25, -0.2) is 0 Å². The zero-order valence-electron chi connectivity index (χ0n) is 11.2. The Kier molecular flexibility index (Phi) is 4.23. The first kappa shape index (κ1) is 13.1. The Morgan fingerprint density at radius 3 is 2.82 bits per heavy atom. The third-order valence-corrected chi connectivity index (χ3v) is 4.95. The second kappa shape index (κ2) is 5.51. The van der Waals surface area contributed by atoms with Gasteiger partial charge in [0.25, 0.3) is 0 Å². The van der Waals surface area contributed by atoms with Gasteiger partial charge in [0.15, 0.2) is 0 Å². The van der Waals surface area contributed by atoms with Crippen LogP contribution in [0.25, 0.3) is 0 Å². The van der Waals surface area contributed by atoms with Crippen LogP contribution in [0.15, 0.2) is 16.8 Å². The highest BCUT2D eigenvalue weighted by atomic mass is 32.1. The summed E-state index contributed by atoms with van der Waals surface area (Å²) in [5.74, 6) is 0. The van der Waals surface area contributed by atoms with Crippen molar-refractivity contribution in [3.63, 3.8) is 0 Å². The van der Waals surface area contributed by atoms with Gasteiger partial charge in [0.2, 0.25) is 0 Å². The predicted molar refractivity (Wildman–Crippen MR) is 75.5 cm³/mol. The van der Waals surface area contributed by atoms with Gasteiger partial charge in [-0.2, -0.15) is 11.3 Å². The van der Waals surface area contributed by atoms with Crippen molar-refractivity contribution >= 4 is 11.3 Å². The summed E-state index contributed by atoms with van der Waals surface area (Å²) in [6, 6.07) is 2.89. The molecule has 2 heterocycles. The largest absolute Gasteiger partial charge is 0.308 e. The van der Waals surface area contributed by atoms with Crippen molar-refractivity contribution in [1.29, 1.82) is 0 Å². The van der Waals surface area contributed by atoms with Crippen LogP contribution < -0.4 is 5.32 Å². The fourth-order valence-corrected chi connectivity index (χ4v) is 3.31. The summed E-state index contributed by atoms with van der Waals surface area (Å²) in [6.07, 6.45) is 2.44. The third kappa shape index (κ3) is 2.90. The molecule has 2 nitrogen and oxygen atoms in total. The Morgan fingerprint density at radius 1 is 1.47 bits per heavy atom. The smallest absolute Gasteiger partial charge is 0.0304 e. The summed E-state index contributed by atoms with van der Waals surface area (Å²) in [4.78, 5) is 2.63. The first-order valence-electron chi connectivity index (χ1n) is 6.69. The van der Waals surface area contributed by atoms with Crippen molar-refractivity contribution < 1.29 is 0 Å². The van der Waals surface area contributed by atoms with Crippen LogP contribution in [-0.4, -0.2) is 29.6 Å². The highest BCUT2D eigenvalue weighted by Gasteiger charge is 2.34. The van der Waals surface area contributed by atoms with E-state index in [2.05, 4.69) is 47.8 Å². The lowest BCUT2D eigenvalue weighted by Gasteiger charge is -2.46. The molecule has 0 aromatic carbocycles. The molecule has 1 N–H and O–H groups in total. The van der Waals surface area contributed by atoms with Crippen molar-refractivity contribution in [3.05, 3.63) is 22.4 Å². The average molecular weight is 252 g/mol. The molecule has 1 atom stereocenters. The molecule has 3 heteroatoms. The molecule has 1 aliphatic rings. The standard InChI is InChI=1S/C14H24N2S/c1-4-14(5-2)11-16(12(3)8-15-14)9-13-6-7-17-10-13/h6-7,10,12,15H,4-5,8-9,11H2,1-3H3. The highest BCUT2D eigenvalue weighted by molar-refractivity contribution is 7.07. The van der Waals surface area contributed by atoms with Gasteiger partial charge in [0, 0.05) is 31.2 Å². The zero-order chi connectivity index (χ0) is 12.3. The lowest BCUT2D eigenvalue weighted by atomic mass is 9.88. The molecule has 1 unspecified atom stereocenters. The first-order chi connectivity index (χ1) is 8.19. The molecule has 2 rings (SSSR count). The molecular formula is C14H24N2S. The zero-order valence-corrected chi connectivity index (χ0v) is 12.0. The number of piperazine rings is 1. The minimum Gasteiger partial charge on any atom is -0.308 e. The van der Waals surface area contributed by atoms with Gasteiger partial charge in [0.05, 0.1) is 0 Å². The molecule has 0 spiro atoms. The molecule has 0 bridgehead atoms. The summed E-state index contributed by atoms with van der Waals surface area (Å²) in [5, 5.41) is 8.20. The van der Waals surface area contributed by atoms with Crippen molar-refractivity contribution in [2.45, 2.75) is 51.7 Å². The second-order valence-corrected chi connectivity index (χ2v) is 6.03. The molecule has 0 saturated carbocycles. The maximum Gasteiger partial charge on any atom is 0.0304 e. The van der Waals surface area contributed by atoms with Crippen molar-refractivity contribution in [1.82, 2.24) is 10.2 Å². The SMILES string of the molecule is CCC1(CC)CN(Cc2ccsc2)C(C)CN1. The molecule has 1 aromatic rings. The van der Waals surface area contributed by atoms with E-state index in [1.54, 1.807) is 11.3 Å². The number of hydrogen-bond donors (Lipinski definition) is 1. The average Bonchev–Trinajstić information content (AvgIpc) is 2.85. The topological polar surface area (TPSA) is 15.3 Å². The Hall–Kier alpha value is -0.380. The van der Waals surface area contributed by atoms with Crippen LogP contribution >= 0.6 is 11.3 Å². The van der Waals surface area contributed by atoms with Crippen molar-refractivity contribution in [2.24, 2.45) is 0 Å². The summed E-state index contributed by atoms with van der Waals surface area (Å²) >= 11 is 1.80. The lowest BCUT2D eigenvalue weighted by molar-refractivity contribution is 0.0747. The van der Waals surface area contributed by atoms with Crippen LogP contribution in [0, 0.1) is 0 Å². The van der Waals surface area contributed by atoms with Crippen molar-refractivity contribution in [3.8, 4) is 0 Å². The van der Waals surface area contributed by atoms with E-state index in [0.717, 1.165) is 13.1 Å². The van der Waals surface area contributed by atoms with Gasteiger partial charge in [-0.15, -0.1) is 0 Å². The molecule has 1 aliphatic heterocycles. The van der Waals surface area contributed by atoms with E-state index in [1.165, 1.54) is 24.9 Å². The number of nitrogens with zero attached hydrogens (tertiary/aromatic N) is 1. The lowest BCUT2D eigenvalue weighted by Crippen LogP contribution is -2.62. The van der Waals surface area contributed by atoms with Gasteiger partial charge in [0.1, 0.15) is 0 Å². The fraction of sp³-hybridized carbons (Fsp3) is 0.714. The van der Waals surface area contributed by atoms with Gasteiger partial charge < -0.3 is 5.32 Å². The molecule has 0 amide bonds. The maximum absolute atomic E-state index is 3.75. The molecular weight excluding hydrogens is 228 g/mol. The minimum absolute atomic E-state index is 0.336. The number of hydrogen-bond acceptors (Lipinski definition) is 3. The van der Waals surface area contributed by atoms with Crippen LogP contribution in [0.2, 0.25) is 0 Å². The Labute approximate surface area is 109 Å². The Bertz CT molecular complexity index is 330. The monoisotopic (exact) mass is 252 g/mol. The Balaban J connectivity index is 2.04. The summed E-state index contributed by atoms with van der Waals surface area (Å²) in [6.45, 7) is 10.3. The van der Waals surface area contributed by atoms with Crippen molar-refractivity contribution in [2.75, 3.05) is 13.1 Å². The van der Waals surface area contributed by atoms with E-state index in [1.807, 2.05) is 0 Å². The van der Waals surface area contributed by atoms with E-state index in [-0.39, 0.29) is 0 Å². The number of nitrogens with one attached hydrogen (secondary N) is 1. The first-order valence-corrected chi connectivity index (χ1v) is 7.63. The molecule has 1 fully saturated rings. The van der Waals surface area contributed by atoms with Crippen LogP contribution in [-0.2, 0) is 6.54 Å². The van der Waals surface area contributed by atoms with Gasteiger partial charge >= 0.3 is 0 Å². The predicted octanol–water partition coefficient (Wildman–Crippen LogP) is 3.10. The molecule has 1 saturated heterocycles. The Morgan fingerprint density at radius 2 is 2.24 bits per heavy atom. The van der Waals surface area contributed by atoms with E-state index in [0.29, 0.717) is 11.6 Å². The number of thiophene rings is 1. The normalized spacial score (nSPS) is 25.0. The van der Waals surface area contributed by atoms with Crippen LogP contribution in [0.5, 0.6) is 0 Å². The number of rotatable bonds is 4. The van der Waals surface area contributed by atoms with E-state index in [4.69, 9.17) is 0 Å². The van der Waals surface area contributed by atoms with Gasteiger partial charge in [-0.05, 0) is 42.2 Å².